The molecule has 5 rings (SSSR count). The molecule has 1 aliphatic heterocycles. The standard InChI is InChI=1S/C21H19N5O5S/c1-28-15-5-3-12-10-22-25(20(27)18(12)19(15)29-2)11-17-23-24-21(32)26(17)13-4-6-14-16(9-13)31-8-7-30-14/h3-6,9-10H,7-8,11H2,1-2H3,(H,24,32). The summed E-state index contributed by atoms with van der Waals surface area (Å²) in [4.78, 5) is 13.3. The number of hydrogen-bond donors (Lipinski definition) is 1. The van der Waals surface area contributed by atoms with Crippen LogP contribution in [0.3, 0.4) is 0 Å². The maximum absolute atomic E-state index is 13.3. The fourth-order valence-corrected chi connectivity index (χ4v) is 3.96. The molecule has 1 aliphatic rings. The lowest BCUT2D eigenvalue weighted by atomic mass is 10.1. The van der Waals surface area contributed by atoms with Gasteiger partial charge >= 0.3 is 0 Å². The maximum atomic E-state index is 13.3. The van der Waals surface area contributed by atoms with Crippen LogP contribution in [-0.2, 0) is 6.54 Å². The number of aromatic amines is 1. The number of ether oxygens (including phenoxy) is 4. The first-order chi connectivity index (χ1) is 15.6. The van der Waals surface area contributed by atoms with Gasteiger partial charge in [0.25, 0.3) is 5.56 Å². The van der Waals surface area contributed by atoms with Crippen LogP contribution in [0.4, 0.5) is 0 Å². The zero-order chi connectivity index (χ0) is 22.2. The molecule has 11 heteroatoms. The first-order valence-corrected chi connectivity index (χ1v) is 10.2. The van der Waals surface area contributed by atoms with Crippen molar-refractivity contribution in [2.75, 3.05) is 27.4 Å². The summed E-state index contributed by atoms with van der Waals surface area (Å²) in [5.74, 6) is 2.62. The van der Waals surface area contributed by atoms with Crippen LogP contribution in [0.25, 0.3) is 16.5 Å². The van der Waals surface area contributed by atoms with Crippen molar-refractivity contribution in [2.45, 2.75) is 6.54 Å². The quantitative estimate of drug-likeness (QED) is 0.460. The molecule has 0 saturated carbocycles. The Hall–Kier alpha value is -3.86. The van der Waals surface area contributed by atoms with Crippen LogP contribution in [0.5, 0.6) is 23.0 Å². The van der Waals surface area contributed by atoms with Crippen LogP contribution in [0, 0.1) is 4.77 Å². The van der Waals surface area contributed by atoms with E-state index in [1.165, 1.54) is 18.9 Å². The maximum Gasteiger partial charge on any atom is 0.278 e. The van der Waals surface area contributed by atoms with Crippen molar-refractivity contribution in [1.82, 2.24) is 24.5 Å². The number of fused-ring (bicyclic) bond motifs is 2. The molecule has 0 atom stereocenters. The highest BCUT2D eigenvalue weighted by Gasteiger charge is 2.18. The van der Waals surface area contributed by atoms with E-state index in [0.29, 0.717) is 57.6 Å². The Kier molecular flexibility index (Phi) is 5.02. The van der Waals surface area contributed by atoms with Gasteiger partial charge in [-0.05, 0) is 36.5 Å². The second kappa shape index (κ2) is 8.00. The number of nitrogens with zero attached hydrogens (tertiary/aromatic N) is 4. The Bertz CT molecular complexity index is 1440. The van der Waals surface area contributed by atoms with Crippen molar-refractivity contribution in [2.24, 2.45) is 0 Å². The largest absolute Gasteiger partial charge is 0.493 e. The third-order valence-electron chi connectivity index (χ3n) is 5.18. The highest BCUT2D eigenvalue weighted by atomic mass is 32.1. The van der Waals surface area contributed by atoms with Crippen molar-refractivity contribution >= 4 is 23.0 Å². The molecule has 3 heterocycles. The van der Waals surface area contributed by atoms with E-state index in [-0.39, 0.29) is 12.1 Å². The first kappa shape index (κ1) is 20.1. The Morgan fingerprint density at radius 2 is 1.94 bits per heavy atom. The van der Waals surface area contributed by atoms with Crippen molar-refractivity contribution in [1.29, 1.82) is 0 Å². The monoisotopic (exact) mass is 453 g/mol. The predicted molar refractivity (Wildman–Crippen MR) is 118 cm³/mol. The van der Waals surface area contributed by atoms with E-state index in [1.807, 2.05) is 18.2 Å². The van der Waals surface area contributed by atoms with E-state index in [0.717, 1.165) is 5.69 Å². The molecule has 0 aliphatic carbocycles. The fourth-order valence-electron chi connectivity index (χ4n) is 3.70. The zero-order valence-corrected chi connectivity index (χ0v) is 18.1. The van der Waals surface area contributed by atoms with Gasteiger partial charge in [0.2, 0.25) is 0 Å². The Labute approximate surface area is 186 Å². The van der Waals surface area contributed by atoms with Crippen molar-refractivity contribution < 1.29 is 18.9 Å². The van der Waals surface area contributed by atoms with E-state index in [1.54, 1.807) is 22.9 Å². The number of methoxy groups -OCH3 is 2. The summed E-state index contributed by atoms with van der Waals surface area (Å²) in [7, 11) is 3.02. The Morgan fingerprint density at radius 1 is 1.12 bits per heavy atom. The molecule has 32 heavy (non-hydrogen) atoms. The van der Waals surface area contributed by atoms with Crippen molar-refractivity contribution in [3.8, 4) is 28.7 Å². The molecule has 0 bridgehead atoms. The molecule has 4 aromatic rings. The Balaban J connectivity index is 1.60. The molecule has 0 spiro atoms. The van der Waals surface area contributed by atoms with Gasteiger partial charge < -0.3 is 18.9 Å². The van der Waals surface area contributed by atoms with Crippen molar-refractivity contribution in [3.63, 3.8) is 0 Å². The fraction of sp³-hybridized carbons (Fsp3) is 0.238. The van der Waals surface area contributed by atoms with Gasteiger partial charge in [-0.1, -0.05) is 0 Å². The average Bonchev–Trinajstić information content (AvgIpc) is 3.19. The molecule has 0 unspecified atom stereocenters. The molecule has 2 aromatic heterocycles. The summed E-state index contributed by atoms with van der Waals surface area (Å²) >= 11 is 5.44. The summed E-state index contributed by atoms with van der Waals surface area (Å²) in [6.07, 6.45) is 1.61. The lowest BCUT2D eigenvalue weighted by Crippen LogP contribution is -2.25. The van der Waals surface area contributed by atoms with Crippen LogP contribution in [0.2, 0.25) is 0 Å². The van der Waals surface area contributed by atoms with E-state index >= 15 is 0 Å². The highest BCUT2D eigenvalue weighted by molar-refractivity contribution is 7.71. The smallest absolute Gasteiger partial charge is 0.278 e. The van der Waals surface area contributed by atoms with E-state index < -0.39 is 0 Å². The molecule has 1 N–H and O–H groups in total. The van der Waals surface area contributed by atoms with Gasteiger partial charge in [-0.25, -0.2) is 4.68 Å². The highest BCUT2D eigenvalue weighted by Crippen LogP contribution is 2.33. The van der Waals surface area contributed by atoms with Crippen LogP contribution >= 0.6 is 12.2 Å². The average molecular weight is 453 g/mol. The van der Waals surface area contributed by atoms with Gasteiger partial charge in [-0.2, -0.15) is 10.2 Å². The number of H-pyrrole nitrogens is 1. The van der Waals surface area contributed by atoms with Crippen LogP contribution < -0.4 is 24.5 Å². The second-order valence-electron chi connectivity index (χ2n) is 6.98. The normalized spacial score (nSPS) is 12.7. The van der Waals surface area contributed by atoms with Gasteiger partial charge in [-0.3, -0.25) is 14.5 Å². The van der Waals surface area contributed by atoms with Crippen LogP contribution in [-0.4, -0.2) is 52.0 Å². The molecule has 0 radical (unpaired) electrons. The van der Waals surface area contributed by atoms with Gasteiger partial charge in [0.15, 0.2) is 33.6 Å². The number of hydrogen-bond acceptors (Lipinski definition) is 8. The van der Waals surface area contributed by atoms with Crippen LogP contribution in [0.1, 0.15) is 5.82 Å². The Morgan fingerprint density at radius 3 is 2.72 bits per heavy atom. The molecule has 164 valence electrons. The molecular weight excluding hydrogens is 434 g/mol. The summed E-state index contributed by atoms with van der Waals surface area (Å²) < 4.78 is 25.5. The molecule has 10 nitrogen and oxygen atoms in total. The lowest BCUT2D eigenvalue weighted by Gasteiger charge is -2.19. The molecule has 2 aromatic carbocycles. The van der Waals surface area contributed by atoms with Crippen LogP contribution in [0.15, 0.2) is 41.3 Å². The van der Waals surface area contributed by atoms with Gasteiger partial charge in [0.05, 0.1) is 31.5 Å². The summed E-state index contributed by atoms with van der Waals surface area (Å²) in [5, 5.41) is 12.4. The first-order valence-electron chi connectivity index (χ1n) is 9.78. The number of benzene rings is 2. The molecule has 0 saturated heterocycles. The summed E-state index contributed by atoms with van der Waals surface area (Å²) in [6.45, 7) is 1.06. The van der Waals surface area contributed by atoms with Gasteiger partial charge in [-0.15, -0.1) is 0 Å². The third kappa shape index (κ3) is 3.26. The number of rotatable bonds is 5. The molecule has 0 amide bonds. The summed E-state index contributed by atoms with van der Waals surface area (Å²) in [6, 6.07) is 9.00. The van der Waals surface area contributed by atoms with Crippen molar-refractivity contribution in [3.05, 3.63) is 57.5 Å². The second-order valence-corrected chi connectivity index (χ2v) is 7.37. The summed E-state index contributed by atoms with van der Waals surface area (Å²) in [5.41, 5.74) is 0.400. The number of nitrogens with one attached hydrogen (secondary N) is 1. The molecular formula is C21H19N5O5S. The molecule has 0 fully saturated rings. The minimum atomic E-state index is -0.333. The SMILES string of the molecule is COc1ccc2cnn(Cc3n[nH]c(=S)n3-c3ccc4c(c3)OCCO4)c(=O)c2c1OC. The van der Waals surface area contributed by atoms with E-state index in [4.69, 9.17) is 31.2 Å². The zero-order valence-electron chi connectivity index (χ0n) is 17.3. The van der Waals surface area contributed by atoms with Gasteiger partial charge in [0, 0.05) is 11.5 Å². The third-order valence-corrected chi connectivity index (χ3v) is 5.45. The predicted octanol–water partition coefficient (Wildman–Crippen LogP) is 2.48. The van der Waals surface area contributed by atoms with E-state index in [2.05, 4.69) is 15.3 Å². The minimum Gasteiger partial charge on any atom is -0.493 e. The number of aromatic nitrogens is 5. The van der Waals surface area contributed by atoms with E-state index in [9.17, 15) is 4.79 Å². The lowest BCUT2D eigenvalue weighted by molar-refractivity contribution is 0.171. The van der Waals surface area contributed by atoms with Gasteiger partial charge in [0.1, 0.15) is 19.8 Å². The topological polar surface area (TPSA) is 105 Å². The minimum absolute atomic E-state index is 0.0801.